The summed E-state index contributed by atoms with van der Waals surface area (Å²) in [4.78, 5) is 22.0. The minimum Gasteiger partial charge on any atom is -0.477 e. The second-order valence-electron chi connectivity index (χ2n) is 2.73. The van der Waals surface area contributed by atoms with Gasteiger partial charge in [-0.3, -0.25) is 0 Å². The topological polar surface area (TPSA) is 54.4 Å². The molecular weight excluding hydrogens is 188 g/mol. The van der Waals surface area contributed by atoms with E-state index in [1.807, 2.05) is 6.92 Å². The molecule has 0 atom stereocenters. The zero-order valence-corrected chi connectivity index (χ0v) is 8.06. The van der Waals surface area contributed by atoms with Crippen molar-refractivity contribution in [1.82, 2.24) is 0 Å². The van der Waals surface area contributed by atoms with Crippen LogP contribution in [-0.2, 0) is 11.2 Å². The summed E-state index contributed by atoms with van der Waals surface area (Å²) in [6.45, 7) is 1.86. The highest BCUT2D eigenvalue weighted by Gasteiger charge is 2.10. The first-order valence-corrected chi connectivity index (χ1v) is 4.73. The van der Waals surface area contributed by atoms with Crippen molar-refractivity contribution < 1.29 is 14.7 Å². The standard InChI is InChI=1S/C9H10O3S/c1-6-5-8(9(11)12)13-7(6)3-2-4-10/h4-5H,2-3H2,1H3,(H,11,12). The maximum absolute atomic E-state index is 10.6. The molecule has 1 N–H and O–H groups in total. The Bertz CT molecular complexity index is 328. The molecule has 0 unspecified atom stereocenters. The number of hydrogen-bond acceptors (Lipinski definition) is 3. The van der Waals surface area contributed by atoms with Crippen LogP contribution in [0.2, 0.25) is 0 Å². The third kappa shape index (κ3) is 2.39. The molecule has 1 heterocycles. The van der Waals surface area contributed by atoms with Crippen LogP contribution in [0.1, 0.15) is 26.5 Å². The molecule has 0 saturated heterocycles. The Balaban J connectivity index is 2.83. The second-order valence-corrected chi connectivity index (χ2v) is 3.86. The number of carbonyl (C=O) groups excluding carboxylic acids is 1. The van der Waals surface area contributed by atoms with Gasteiger partial charge in [0.2, 0.25) is 0 Å². The third-order valence-corrected chi connectivity index (χ3v) is 3.01. The van der Waals surface area contributed by atoms with E-state index in [0.717, 1.165) is 16.7 Å². The van der Waals surface area contributed by atoms with E-state index in [0.29, 0.717) is 17.7 Å². The Hall–Kier alpha value is -1.16. The fourth-order valence-electron chi connectivity index (χ4n) is 1.06. The second kappa shape index (κ2) is 4.18. The van der Waals surface area contributed by atoms with Crippen LogP contribution in [0.5, 0.6) is 0 Å². The summed E-state index contributed by atoms with van der Waals surface area (Å²) in [7, 11) is 0. The van der Waals surface area contributed by atoms with Crippen LogP contribution in [0, 0.1) is 6.92 Å². The minimum atomic E-state index is -0.898. The third-order valence-electron chi connectivity index (χ3n) is 1.72. The SMILES string of the molecule is Cc1cc(C(=O)O)sc1CCC=O. The monoisotopic (exact) mass is 198 g/mol. The summed E-state index contributed by atoms with van der Waals surface area (Å²) in [6.07, 6.45) is 1.95. The van der Waals surface area contributed by atoms with Gasteiger partial charge in [-0.2, -0.15) is 0 Å². The first-order valence-electron chi connectivity index (χ1n) is 3.91. The molecule has 3 nitrogen and oxygen atoms in total. The average Bonchev–Trinajstić information content (AvgIpc) is 2.44. The van der Waals surface area contributed by atoms with Crippen LogP contribution in [0.4, 0.5) is 0 Å². The zero-order valence-electron chi connectivity index (χ0n) is 7.24. The number of carboxylic acid groups (broad SMARTS) is 1. The quantitative estimate of drug-likeness (QED) is 0.751. The molecule has 4 heteroatoms. The van der Waals surface area contributed by atoms with Crippen molar-refractivity contribution in [3.05, 3.63) is 21.4 Å². The van der Waals surface area contributed by atoms with E-state index in [9.17, 15) is 9.59 Å². The number of rotatable bonds is 4. The number of carboxylic acids is 1. The van der Waals surface area contributed by atoms with Crippen LogP contribution >= 0.6 is 11.3 Å². The molecule has 0 fully saturated rings. The van der Waals surface area contributed by atoms with E-state index in [1.54, 1.807) is 6.07 Å². The Morgan fingerprint density at radius 2 is 2.38 bits per heavy atom. The van der Waals surface area contributed by atoms with Gasteiger partial charge in [-0.15, -0.1) is 11.3 Å². The van der Waals surface area contributed by atoms with Gasteiger partial charge in [0.15, 0.2) is 0 Å². The largest absolute Gasteiger partial charge is 0.477 e. The Morgan fingerprint density at radius 3 is 2.85 bits per heavy atom. The summed E-state index contributed by atoms with van der Waals surface area (Å²) < 4.78 is 0. The van der Waals surface area contributed by atoms with Crippen LogP contribution in [0.15, 0.2) is 6.07 Å². The van der Waals surface area contributed by atoms with E-state index in [2.05, 4.69) is 0 Å². The Morgan fingerprint density at radius 1 is 1.69 bits per heavy atom. The summed E-state index contributed by atoms with van der Waals surface area (Å²) in [5.74, 6) is -0.898. The van der Waals surface area contributed by atoms with Crippen molar-refractivity contribution in [2.24, 2.45) is 0 Å². The summed E-state index contributed by atoms with van der Waals surface area (Å²) in [6, 6.07) is 1.65. The fourth-order valence-corrected chi connectivity index (χ4v) is 2.09. The number of aldehydes is 1. The Labute approximate surface area is 80.0 Å². The molecule has 0 aromatic carbocycles. The molecule has 0 saturated carbocycles. The zero-order chi connectivity index (χ0) is 9.84. The van der Waals surface area contributed by atoms with Crippen molar-refractivity contribution in [1.29, 1.82) is 0 Å². The van der Waals surface area contributed by atoms with Gasteiger partial charge in [0.1, 0.15) is 11.2 Å². The van der Waals surface area contributed by atoms with Gasteiger partial charge in [0.25, 0.3) is 0 Å². The Kier molecular flexibility index (Phi) is 3.19. The maximum Gasteiger partial charge on any atom is 0.345 e. The molecule has 1 aromatic rings. The number of hydrogen-bond donors (Lipinski definition) is 1. The van der Waals surface area contributed by atoms with Crippen LogP contribution in [-0.4, -0.2) is 17.4 Å². The highest BCUT2D eigenvalue weighted by Crippen LogP contribution is 2.22. The fraction of sp³-hybridized carbons (Fsp3) is 0.333. The van der Waals surface area contributed by atoms with Gasteiger partial charge in [0.05, 0.1) is 0 Å². The van der Waals surface area contributed by atoms with Crippen LogP contribution < -0.4 is 0 Å². The summed E-state index contributed by atoms with van der Waals surface area (Å²) >= 11 is 1.25. The molecule has 0 aliphatic heterocycles. The molecule has 70 valence electrons. The first kappa shape index (κ1) is 9.92. The lowest BCUT2D eigenvalue weighted by atomic mass is 10.2. The minimum absolute atomic E-state index is 0.346. The van der Waals surface area contributed by atoms with Crippen LogP contribution in [0.3, 0.4) is 0 Å². The van der Waals surface area contributed by atoms with E-state index >= 15 is 0 Å². The van der Waals surface area contributed by atoms with Gasteiger partial charge >= 0.3 is 5.97 Å². The smallest absolute Gasteiger partial charge is 0.345 e. The highest BCUT2D eigenvalue weighted by atomic mass is 32.1. The van der Waals surface area contributed by atoms with E-state index in [-0.39, 0.29) is 0 Å². The summed E-state index contributed by atoms with van der Waals surface area (Å²) in [5, 5.41) is 8.69. The summed E-state index contributed by atoms with van der Waals surface area (Å²) in [5.41, 5.74) is 0.962. The van der Waals surface area contributed by atoms with E-state index in [1.165, 1.54) is 11.3 Å². The van der Waals surface area contributed by atoms with Crippen LogP contribution in [0.25, 0.3) is 0 Å². The van der Waals surface area contributed by atoms with Gasteiger partial charge in [0, 0.05) is 11.3 Å². The lowest BCUT2D eigenvalue weighted by molar-refractivity contribution is -0.107. The molecule has 0 bridgehead atoms. The maximum atomic E-state index is 10.6. The molecule has 1 aromatic heterocycles. The number of thiophene rings is 1. The molecule has 0 aliphatic rings. The number of carbonyl (C=O) groups is 2. The van der Waals surface area contributed by atoms with Gasteiger partial charge in [-0.05, 0) is 25.0 Å². The van der Waals surface area contributed by atoms with E-state index < -0.39 is 5.97 Å². The van der Waals surface area contributed by atoms with E-state index in [4.69, 9.17) is 5.11 Å². The molecule has 1 rings (SSSR count). The molecular formula is C9H10O3S. The van der Waals surface area contributed by atoms with Crippen molar-refractivity contribution in [3.8, 4) is 0 Å². The normalized spacial score (nSPS) is 9.92. The highest BCUT2D eigenvalue weighted by molar-refractivity contribution is 7.14. The van der Waals surface area contributed by atoms with Crippen molar-refractivity contribution in [2.45, 2.75) is 19.8 Å². The predicted octanol–water partition coefficient (Wildman–Crippen LogP) is 1.89. The van der Waals surface area contributed by atoms with Gasteiger partial charge in [-0.25, -0.2) is 4.79 Å². The number of aromatic carboxylic acids is 1. The van der Waals surface area contributed by atoms with Gasteiger partial charge in [-0.1, -0.05) is 0 Å². The molecule has 0 spiro atoms. The van der Waals surface area contributed by atoms with Gasteiger partial charge < -0.3 is 9.90 Å². The average molecular weight is 198 g/mol. The van der Waals surface area contributed by atoms with Crippen molar-refractivity contribution in [3.63, 3.8) is 0 Å². The predicted molar refractivity (Wildman–Crippen MR) is 50.4 cm³/mol. The lowest BCUT2D eigenvalue weighted by Gasteiger charge is -1.91. The lowest BCUT2D eigenvalue weighted by Crippen LogP contribution is -1.89. The first-order chi connectivity index (χ1) is 6.15. The van der Waals surface area contributed by atoms with Crippen molar-refractivity contribution >= 4 is 23.6 Å². The number of aryl methyl sites for hydroxylation is 2. The molecule has 0 radical (unpaired) electrons. The van der Waals surface area contributed by atoms with Crippen molar-refractivity contribution in [2.75, 3.05) is 0 Å². The molecule has 0 aliphatic carbocycles. The molecule has 13 heavy (non-hydrogen) atoms. The molecule has 0 amide bonds.